The first-order chi connectivity index (χ1) is 12.4. The minimum Gasteiger partial charge on any atom is -0.395 e. The fourth-order valence-corrected chi connectivity index (χ4v) is 6.78. The van der Waals surface area contributed by atoms with Gasteiger partial charge in [-0.2, -0.15) is 0 Å². The molecular formula is C21H32N2O3. The van der Waals surface area contributed by atoms with Gasteiger partial charge in [0.15, 0.2) is 0 Å². The Balaban J connectivity index is 1.57. The SMILES string of the molecule is C[C@]12CCC(=NOCCN)CC1CC(=O)[C@@H]1[C@@H]2CC[C@]2(C)C(=O)CC[C@@H]12. The van der Waals surface area contributed by atoms with Crippen molar-refractivity contribution in [1.82, 2.24) is 0 Å². The highest BCUT2D eigenvalue weighted by molar-refractivity contribution is 5.91. The Morgan fingerprint density at radius 3 is 2.69 bits per heavy atom. The molecule has 0 aromatic carbocycles. The average Bonchev–Trinajstić information content (AvgIpc) is 2.92. The molecule has 4 saturated carbocycles. The highest BCUT2D eigenvalue weighted by atomic mass is 16.6. The molecular weight excluding hydrogens is 328 g/mol. The van der Waals surface area contributed by atoms with Gasteiger partial charge in [-0.3, -0.25) is 9.59 Å². The number of Topliss-reactive ketones (excluding diaryl/α,β-unsaturated/α-hetero) is 2. The van der Waals surface area contributed by atoms with Crippen molar-refractivity contribution in [3.05, 3.63) is 0 Å². The van der Waals surface area contributed by atoms with Crippen molar-refractivity contribution in [2.24, 2.45) is 45.4 Å². The smallest absolute Gasteiger partial charge is 0.139 e. The largest absolute Gasteiger partial charge is 0.395 e. The van der Waals surface area contributed by atoms with Crippen LogP contribution in [0.2, 0.25) is 0 Å². The molecule has 1 unspecified atom stereocenters. The minimum atomic E-state index is -0.239. The van der Waals surface area contributed by atoms with Crippen molar-refractivity contribution < 1.29 is 14.4 Å². The molecule has 2 N–H and O–H groups in total. The summed E-state index contributed by atoms with van der Waals surface area (Å²) < 4.78 is 0. The number of oxime groups is 1. The molecule has 0 aliphatic heterocycles. The number of carbonyl (C=O) groups is 2. The molecule has 0 aromatic rings. The summed E-state index contributed by atoms with van der Waals surface area (Å²) in [7, 11) is 0. The number of ketones is 2. The zero-order chi connectivity index (χ0) is 18.5. The summed E-state index contributed by atoms with van der Waals surface area (Å²) in [4.78, 5) is 31.0. The van der Waals surface area contributed by atoms with Gasteiger partial charge in [0.25, 0.3) is 0 Å². The first kappa shape index (κ1) is 18.1. The van der Waals surface area contributed by atoms with E-state index in [-0.39, 0.29) is 22.7 Å². The molecule has 0 amide bonds. The molecule has 0 radical (unpaired) electrons. The van der Waals surface area contributed by atoms with E-state index in [9.17, 15) is 9.59 Å². The van der Waals surface area contributed by atoms with Crippen LogP contribution >= 0.6 is 0 Å². The molecule has 4 aliphatic carbocycles. The Hall–Kier alpha value is -1.23. The highest BCUT2D eigenvalue weighted by Crippen LogP contribution is 2.64. The van der Waals surface area contributed by atoms with Gasteiger partial charge in [-0.25, -0.2) is 0 Å². The van der Waals surface area contributed by atoms with Crippen molar-refractivity contribution in [2.45, 2.75) is 65.2 Å². The molecule has 26 heavy (non-hydrogen) atoms. The van der Waals surface area contributed by atoms with Crippen molar-refractivity contribution in [3.8, 4) is 0 Å². The van der Waals surface area contributed by atoms with Crippen LogP contribution in [0.3, 0.4) is 0 Å². The monoisotopic (exact) mass is 360 g/mol. The van der Waals surface area contributed by atoms with Gasteiger partial charge in [0.1, 0.15) is 18.2 Å². The fourth-order valence-electron chi connectivity index (χ4n) is 6.78. The van der Waals surface area contributed by atoms with Gasteiger partial charge in [0.05, 0.1) is 5.71 Å². The standard InChI is InChI=1S/C21H32N2O3/c1-20-7-5-14(23-26-10-9-22)11-13(20)12-17(24)19-15-3-4-18(25)21(15,2)8-6-16(19)20/h13,15-16,19H,3-12,22H2,1-2H3/t13?,15-,16-,19-,20-,21-/m0/s1. The van der Waals surface area contributed by atoms with Crippen molar-refractivity contribution in [1.29, 1.82) is 0 Å². The molecule has 6 atom stereocenters. The number of hydrogen-bond acceptors (Lipinski definition) is 5. The number of carbonyl (C=O) groups excluding carboxylic acids is 2. The topological polar surface area (TPSA) is 81.8 Å². The number of rotatable bonds is 3. The lowest BCUT2D eigenvalue weighted by Crippen LogP contribution is -2.57. The molecule has 5 heteroatoms. The zero-order valence-corrected chi connectivity index (χ0v) is 16.1. The summed E-state index contributed by atoms with van der Waals surface area (Å²) >= 11 is 0. The number of nitrogens with two attached hydrogens (primary N) is 1. The van der Waals surface area contributed by atoms with E-state index in [1.54, 1.807) is 0 Å². The Bertz CT molecular complexity index is 645. The molecule has 4 aliphatic rings. The third-order valence-electron chi connectivity index (χ3n) is 8.42. The van der Waals surface area contributed by atoms with E-state index in [0.29, 0.717) is 49.4 Å². The van der Waals surface area contributed by atoms with Crippen molar-refractivity contribution in [3.63, 3.8) is 0 Å². The maximum absolute atomic E-state index is 13.2. The molecule has 0 bridgehead atoms. The molecule has 4 fully saturated rings. The predicted molar refractivity (Wildman–Crippen MR) is 99.6 cm³/mol. The molecule has 0 aromatic heterocycles. The van der Waals surface area contributed by atoms with Crippen LogP contribution in [0.1, 0.15) is 65.2 Å². The lowest BCUT2D eigenvalue weighted by molar-refractivity contribution is -0.154. The molecule has 4 rings (SSSR count). The summed E-state index contributed by atoms with van der Waals surface area (Å²) in [6, 6.07) is 0. The molecule has 0 spiro atoms. The maximum Gasteiger partial charge on any atom is 0.139 e. The summed E-state index contributed by atoms with van der Waals surface area (Å²) in [6.45, 7) is 5.45. The Kier molecular flexibility index (Phi) is 4.49. The van der Waals surface area contributed by atoms with E-state index in [0.717, 1.165) is 44.2 Å². The Morgan fingerprint density at radius 2 is 1.92 bits per heavy atom. The van der Waals surface area contributed by atoms with E-state index in [2.05, 4.69) is 19.0 Å². The van der Waals surface area contributed by atoms with Crippen LogP contribution in [0.25, 0.3) is 0 Å². The molecule has 0 heterocycles. The van der Waals surface area contributed by atoms with Crippen LogP contribution in [0.15, 0.2) is 5.16 Å². The fraction of sp³-hybridized carbons (Fsp3) is 0.857. The molecule has 0 saturated heterocycles. The second-order valence-corrected chi connectivity index (χ2v) is 9.51. The van der Waals surface area contributed by atoms with Gasteiger partial charge in [-0.15, -0.1) is 0 Å². The van der Waals surface area contributed by atoms with Gasteiger partial charge < -0.3 is 10.6 Å². The van der Waals surface area contributed by atoms with Crippen LogP contribution in [0.5, 0.6) is 0 Å². The first-order valence-corrected chi connectivity index (χ1v) is 10.3. The summed E-state index contributed by atoms with van der Waals surface area (Å²) in [5, 5.41) is 4.28. The quantitative estimate of drug-likeness (QED) is 0.619. The lowest BCUT2D eigenvalue weighted by atomic mass is 9.45. The molecule has 144 valence electrons. The highest BCUT2D eigenvalue weighted by Gasteiger charge is 2.62. The van der Waals surface area contributed by atoms with E-state index in [1.807, 2.05) is 0 Å². The second-order valence-electron chi connectivity index (χ2n) is 9.51. The summed E-state index contributed by atoms with van der Waals surface area (Å²) in [5.41, 5.74) is 6.50. The Labute approximate surface area is 156 Å². The van der Waals surface area contributed by atoms with Gasteiger partial charge >= 0.3 is 0 Å². The lowest BCUT2D eigenvalue weighted by Gasteiger charge is -2.58. The third kappa shape index (κ3) is 2.57. The van der Waals surface area contributed by atoms with Gasteiger partial charge in [0, 0.05) is 30.7 Å². The summed E-state index contributed by atoms with van der Waals surface area (Å²) in [5.74, 6) is 2.00. The average molecular weight is 360 g/mol. The van der Waals surface area contributed by atoms with E-state index < -0.39 is 0 Å². The Morgan fingerprint density at radius 1 is 1.12 bits per heavy atom. The van der Waals surface area contributed by atoms with E-state index in [4.69, 9.17) is 10.6 Å². The van der Waals surface area contributed by atoms with Gasteiger partial charge in [-0.05, 0) is 61.7 Å². The van der Waals surface area contributed by atoms with Crippen LogP contribution in [-0.4, -0.2) is 30.4 Å². The normalized spacial score (nSPS) is 46.7. The van der Waals surface area contributed by atoms with E-state index >= 15 is 0 Å². The molecule has 5 nitrogen and oxygen atoms in total. The van der Waals surface area contributed by atoms with Crippen molar-refractivity contribution >= 4 is 17.3 Å². The number of fused-ring (bicyclic) bond motifs is 5. The third-order valence-corrected chi connectivity index (χ3v) is 8.42. The number of hydrogen-bond donors (Lipinski definition) is 1. The maximum atomic E-state index is 13.2. The predicted octanol–water partition coefficient (Wildman–Crippen LogP) is 3.11. The van der Waals surface area contributed by atoms with Crippen LogP contribution in [0, 0.1) is 34.5 Å². The van der Waals surface area contributed by atoms with E-state index in [1.165, 1.54) is 0 Å². The van der Waals surface area contributed by atoms with Crippen LogP contribution in [-0.2, 0) is 14.4 Å². The number of nitrogens with zero attached hydrogens (tertiary/aromatic N) is 1. The van der Waals surface area contributed by atoms with Crippen LogP contribution in [0.4, 0.5) is 0 Å². The van der Waals surface area contributed by atoms with Crippen molar-refractivity contribution in [2.75, 3.05) is 13.2 Å². The second kappa shape index (κ2) is 6.43. The zero-order valence-electron chi connectivity index (χ0n) is 16.1. The minimum absolute atomic E-state index is 0.105. The van der Waals surface area contributed by atoms with Gasteiger partial charge in [-0.1, -0.05) is 19.0 Å². The summed E-state index contributed by atoms with van der Waals surface area (Å²) in [6.07, 6.45) is 7.14. The van der Waals surface area contributed by atoms with Crippen LogP contribution < -0.4 is 5.73 Å². The van der Waals surface area contributed by atoms with Gasteiger partial charge in [0.2, 0.25) is 0 Å². The first-order valence-electron chi connectivity index (χ1n) is 10.3.